The number of alkyl halides is 5. The first-order valence-electron chi connectivity index (χ1n) is 7.13. The molecule has 2 N–H and O–H groups in total. The maximum Gasteiger partial charge on any atom is 0.391 e. The molecule has 1 aliphatic heterocycles. The van der Waals surface area contributed by atoms with Crippen LogP contribution in [0.15, 0.2) is 0 Å². The van der Waals surface area contributed by atoms with Gasteiger partial charge in [0.05, 0.1) is 18.5 Å². The molecule has 0 bridgehead atoms. The third kappa shape index (κ3) is 5.22. The Hall–Kier alpha value is -0.630. The summed E-state index contributed by atoms with van der Waals surface area (Å²) in [6.45, 7) is -0.417. The Morgan fingerprint density at radius 2 is 1.95 bits per heavy atom. The van der Waals surface area contributed by atoms with Gasteiger partial charge in [0, 0.05) is 13.0 Å². The van der Waals surface area contributed by atoms with Crippen LogP contribution in [0.1, 0.15) is 32.1 Å². The number of carbonyl (C=O) groups excluding carboxylic acids is 1. The maximum absolute atomic E-state index is 13.0. The smallest absolute Gasteiger partial charge is 0.354 e. The second-order valence-electron chi connectivity index (χ2n) is 6.01. The van der Waals surface area contributed by atoms with Crippen LogP contribution in [0.3, 0.4) is 0 Å². The first-order chi connectivity index (χ1) is 9.67. The summed E-state index contributed by atoms with van der Waals surface area (Å²) >= 11 is 0. The van der Waals surface area contributed by atoms with Crippen molar-refractivity contribution in [3.63, 3.8) is 0 Å². The number of halogens is 6. The van der Waals surface area contributed by atoms with Crippen molar-refractivity contribution in [1.29, 1.82) is 0 Å². The monoisotopic (exact) mass is 350 g/mol. The zero-order chi connectivity index (χ0) is 15.7. The highest BCUT2D eigenvalue weighted by atomic mass is 35.5. The molecule has 1 heterocycles. The molecule has 3 atom stereocenters. The highest BCUT2D eigenvalue weighted by Crippen LogP contribution is 2.39. The van der Waals surface area contributed by atoms with Gasteiger partial charge in [-0.2, -0.15) is 13.2 Å². The molecule has 1 aliphatic carbocycles. The van der Waals surface area contributed by atoms with Crippen molar-refractivity contribution in [3.05, 3.63) is 0 Å². The van der Waals surface area contributed by atoms with Crippen molar-refractivity contribution >= 4 is 18.3 Å². The van der Waals surface area contributed by atoms with Crippen LogP contribution in [0, 0.1) is 11.8 Å². The van der Waals surface area contributed by atoms with Crippen LogP contribution >= 0.6 is 12.4 Å². The Morgan fingerprint density at radius 3 is 2.50 bits per heavy atom. The van der Waals surface area contributed by atoms with E-state index in [2.05, 4.69) is 10.6 Å². The minimum absolute atomic E-state index is 0. The van der Waals surface area contributed by atoms with E-state index in [1.54, 1.807) is 0 Å². The number of hydrogen-bond acceptors (Lipinski definition) is 2. The van der Waals surface area contributed by atoms with Gasteiger partial charge in [0.1, 0.15) is 0 Å². The van der Waals surface area contributed by atoms with Crippen molar-refractivity contribution in [2.45, 2.75) is 50.2 Å². The first kappa shape index (κ1) is 19.4. The van der Waals surface area contributed by atoms with Gasteiger partial charge in [-0.05, 0) is 25.2 Å². The van der Waals surface area contributed by atoms with E-state index in [1.165, 1.54) is 0 Å². The quantitative estimate of drug-likeness (QED) is 0.768. The highest BCUT2D eigenvalue weighted by molar-refractivity contribution is 5.85. The molecule has 3 nitrogen and oxygen atoms in total. The lowest BCUT2D eigenvalue weighted by atomic mass is 9.81. The Morgan fingerprint density at radius 1 is 1.27 bits per heavy atom. The van der Waals surface area contributed by atoms with Crippen LogP contribution in [0.2, 0.25) is 0 Å². The molecule has 0 aromatic rings. The maximum atomic E-state index is 13.0. The molecular weight excluding hydrogens is 331 g/mol. The van der Waals surface area contributed by atoms with E-state index in [4.69, 9.17) is 0 Å². The number of nitrogens with one attached hydrogen (secondary N) is 2. The lowest BCUT2D eigenvalue weighted by molar-refractivity contribution is -0.185. The highest BCUT2D eigenvalue weighted by Gasteiger charge is 2.43. The Balaban J connectivity index is 0.00000242. The molecule has 0 spiro atoms. The van der Waals surface area contributed by atoms with Crippen LogP contribution in [-0.4, -0.2) is 37.1 Å². The fraction of sp³-hybridized carbons (Fsp3) is 0.923. The largest absolute Gasteiger partial charge is 0.391 e. The summed E-state index contributed by atoms with van der Waals surface area (Å²) in [5.41, 5.74) is 0. The average Bonchev–Trinajstić information content (AvgIpc) is 2.76. The Bertz CT molecular complexity index is 391. The van der Waals surface area contributed by atoms with E-state index in [1.807, 2.05) is 0 Å². The molecule has 2 rings (SSSR count). The van der Waals surface area contributed by atoms with E-state index in [0.29, 0.717) is 12.8 Å². The predicted molar refractivity (Wildman–Crippen MR) is 73.1 cm³/mol. The van der Waals surface area contributed by atoms with Crippen molar-refractivity contribution in [2.24, 2.45) is 11.8 Å². The number of rotatable bonds is 3. The SMILES string of the molecule is Cl.O=C(NCC1CCCC(C(F)(F)F)C1)C1CC(F)(F)CN1. The molecule has 22 heavy (non-hydrogen) atoms. The molecule has 0 aromatic heterocycles. The van der Waals surface area contributed by atoms with Gasteiger partial charge in [-0.1, -0.05) is 6.42 Å². The topological polar surface area (TPSA) is 41.1 Å². The second-order valence-corrected chi connectivity index (χ2v) is 6.01. The van der Waals surface area contributed by atoms with Crippen LogP contribution in [0.4, 0.5) is 22.0 Å². The number of amides is 1. The van der Waals surface area contributed by atoms with Crippen LogP contribution in [0.5, 0.6) is 0 Å². The molecule has 130 valence electrons. The summed E-state index contributed by atoms with van der Waals surface area (Å²) in [6, 6.07) is -0.956. The summed E-state index contributed by atoms with van der Waals surface area (Å²) in [6.07, 6.45) is -3.53. The van der Waals surface area contributed by atoms with Gasteiger partial charge in [0.15, 0.2) is 0 Å². The zero-order valence-corrected chi connectivity index (χ0v) is 12.7. The molecule has 3 unspecified atom stereocenters. The summed E-state index contributed by atoms with van der Waals surface area (Å²) in [5, 5.41) is 4.93. The van der Waals surface area contributed by atoms with Crippen molar-refractivity contribution < 1.29 is 26.7 Å². The number of carbonyl (C=O) groups is 1. The minimum Gasteiger partial charge on any atom is -0.354 e. The summed E-state index contributed by atoms with van der Waals surface area (Å²) in [4.78, 5) is 11.7. The van der Waals surface area contributed by atoms with Gasteiger partial charge >= 0.3 is 6.18 Å². The van der Waals surface area contributed by atoms with Crippen molar-refractivity contribution in [3.8, 4) is 0 Å². The van der Waals surface area contributed by atoms with Gasteiger partial charge < -0.3 is 5.32 Å². The molecule has 1 amide bonds. The minimum atomic E-state index is -4.20. The summed E-state index contributed by atoms with van der Waals surface area (Å²) in [7, 11) is 0. The normalized spacial score (nSPS) is 31.4. The van der Waals surface area contributed by atoms with Gasteiger partial charge in [0.2, 0.25) is 5.91 Å². The lowest BCUT2D eigenvalue weighted by Gasteiger charge is -2.30. The van der Waals surface area contributed by atoms with E-state index < -0.39 is 42.9 Å². The van der Waals surface area contributed by atoms with E-state index in [0.717, 1.165) is 0 Å². The van der Waals surface area contributed by atoms with Gasteiger partial charge in [0.25, 0.3) is 5.92 Å². The van der Waals surface area contributed by atoms with Crippen LogP contribution in [-0.2, 0) is 4.79 Å². The van der Waals surface area contributed by atoms with Crippen molar-refractivity contribution in [2.75, 3.05) is 13.1 Å². The molecular formula is C13H20ClF5N2O. The third-order valence-corrected chi connectivity index (χ3v) is 4.24. The van der Waals surface area contributed by atoms with Crippen molar-refractivity contribution in [1.82, 2.24) is 10.6 Å². The predicted octanol–water partition coefficient (Wildman–Crippen LogP) is 2.89. The van der Waals surface area contributed by atoms with Gasteiger partial charge in [-0.15, -0.1) is 12.4 Å². The summed E-state index contributed by atoms with van der Waals surface area (Å²) in [5.74, 6) is -5.01. The third-order valence-electron chi connectivity index (χ3n) is 4.24. The molecule has 0 aromatic carbocycles. The molecule has 9 heteroatoms. The fourth-order valence-electron chi connectivity index (χ4n) is 3.04. The molecule has 2 fully saturated rings. The van der Waals surface area contributed by atoms with E-state index in [-0.39, 0.29) is 37.7 Å². The molecule has 1 saturated heterocycles. The molecule has 0 radical (unpaired) electrons. The second kappa shape index (κ2) is 7.29. The first-order valence-corrected chi connectivity index (χ1v) is 7.13. The van der Waals surface area contributed by atoms with Gasteiger partial charge in [-0.3, -0.25) is 10.1 Å². The standard InChI is InChI=1S/C13H19F5N2O.ClH/c14-12(15)5-10(20-7-12)11(21)19-6-8-2-1-3-9(4-8)13(16,17)18;/h8-10,20H,1-7H2,(H,19,21);1H. The van der Waals surface area contributed by atoms with E-state index in [9.17, 15) is 26.7 Å². The molecule has 1 saturated carbocycles. The summed E-state index contributed by atoms with van der Waals surface area (Å²) < 4.78 is 63.9. The average molecular weight is 351 g/mol. The Labute approximate surface area is 131 Å². The number of hydrogen-bond donors (Lipinski definition) is 2. The molecule has 2 aliphatic rings. The lowest BCUT2D eigenvalue weighted by Crippen LogP contribution is -2.43. The fourth-order valence-corrected chi connectivity index (χ4v) is 3.04. The zero-order valence-electron chi connectivity index (χ0n) is 11.9. The Kier molecular flexibility index (Phi) is 6.44. The van der Waals surface area contributed by atoms with Gasteiger partial charge in [-0.25, -0.2) is 8.78 Å². The van der Waals surface area contributed by atoms with Crippen LogP contribution in [0.25, 0.3) is 0 Å². The van der Waals surface area contributed by atoms with Crippen LogP contribution < -0.4 is 10.6 Å². The van der Waals surface area contributed by atoms with E-state index >= 15 is 0 Å².